The van der Waals surface area contributed by atoms with Crippen LogP contribution in [0.1, 0.15) is 24.4 Å². The Morgan fingerprint density at radius 2 is 2.00 bits per heavy atom. The van der Waals surface area contributed by atoms with Crippen molar-refractivity contribution in [2.75, 3.05) is 35.6 Å². The molecular weight excluding hydrogens is 460 g/mol. The molecule has 162 valence electrons. The van der Waals surface area contributed by atoms with Gasteiger partial charge < -0.3 is 25.8 Å². The molecule has 0 atom stereocenters. The van der Waals surface area contributed by atoms with Gasteiger partial charge in [-0.15, -0.1) is 0 Å². The first-order valence-corrected chi connectivity index (χ1v) is 11.1. The largest absolute Gasteiger partial charge is 0.369 e. The maximum Gasteiger partial charge on any atom is 0.321 e. The smallest absolute Gasteiger partial charge is 0.321 e. The number of nitrogens with zero attached hydrogens (tertiary/aromatic N) is 4. The molecule has 4 rings (SSSR count). The lowest BCUT2D eigenvalue weighted by Gasteiger charge is -2.16. The molecule has 0 aliphatic carbocycles. The number of hydrogen-bond donors (Lipinski definition) is 4. The lowest BCUT2D eigenvalue weighted by molar-refractivity contribution is 0.222. The summed E-state index contributed by atoms with van der Waals surface area (Å²) >= 11 is 3.49. The predicted octanol–water partition coefficient (Wildman–Crippen LogP) is 4.30. The van der Waals surface area contributed by atoms with Crippen LogP contribution in [-0.2, 0) is 6.42 Å². The number of halogens is 1. The Balaban J connectivity index is 1.37. The van der Waals surface area contributed by atoms with E-state index in [1.807, 2.05) is 42.3 Å². The molecule has 9 nitrogen and oxygen atoms in total. The fraction of sp³-hybridized carbons (Fsp3) is 0.333. The van der Waals surface area contributed by atoms with Gasteiger partial charge in [0.15, 0.2) is 0 Å². The Morgan fingerprint density at radius 1 is 1.19 bits per heavy atom. The number of carbonyl (C=O) groups excluding carboxylic acids is 1. The number of imidazole rings is 1. The zero-order valence-electron chi connectivity index (χ0n) is 17.3. The number of urea groups is 1. The minimum Gasteiger partial charge on any atom is -0.369 e. The SMILES string of the molecule is Cc1ncc(CCNc2nc(Nc3cccc(NC(=O)N4CCCC4)c3)ncc2Br)[nH]1. The molecule has 3 heterocycles. The van der Waals surface area contributed by atoms with Crippen LogP contribution in [0, 0.1) is 6.92 Å². The van der Waals surface area contributed by atoms with Gasteiger partial charge in [-0.2, -0.15) is 4.98 Å². The molecule has 10 heteroatoms. The summed E-state index contributed by atoms with van der Waals surface area (Å²) < 4.78 is 0.783. The van der Waals surface area contributed by atoms with E-state index >= 15 is 0 Å². The maximum absolute atomic E-state index is 12.3. The monoisotopic (exact) mass is 484 g/mol. The average molecular weight is 485 g/mol. The minimum atomic E-state index is -0.0616. The predicted molar refractivity (Wildman–Crippen MR) is 125 cm³/mol. The van der Waals surface area contributed by atoms with Gasteiger partial charge in [0.25, 0.3) is 0 Å². The van der Waals surface area contributed by atoms with Gasteiger partial charge in [0, 0.05) is 55.5 Å². The molecule has 4 N–H and O–H groups in total. The summed E-state index contributed by atoms with van der Waals surface area (Å²) in [5, 5.41) is 9.47. The number of H-pyrrole nitrogens is 1. The third kappa shape index (κ3) is 5.72. The van der Waals surface area contributed by atoms with Crippen molar-refractivity contribution in [1.82, 2.24) is 24.8 Å². The first kappa shape index (κ1) is 21.1. The number of carbonyl (C=O) groups is 1. The lowest BCUT2D eigenvalue weighted by Crippen LogP contribution is -2.32. The minimum absolute atomic E-state index is 0.0616. The van der Waals surface area contributed by atoms with E-state index in [-0.39, 0.29) is 6.03 Å². The number of benzene rings is 1. The van der Waals surface area contributed by atoms with E-state index < -0.39 is 0 Å². The number of aryl methyl sites for hydroxylation is 1. The first-order chi connectivity index (χ1) is 15.1. The fourth-order valence-corrected chi connectivity index (χ4v) is 3.72. The molecule has 1 aliphatic rings. The second kappa shape index (κ2) is 9.78. The molecule has 2 aromatic heterocycles. The number of likely N-dealkylation sites (tertiary alicyclic amines) is 1. The lowest BCUT2D eigenvalue weighted by atomic mass is 10.3. The zero-order valence-corrected chi connectivity index (χ0v) is 18.9. The fourth-order valence-electron chi connectivity index (χ4n) is 3.39. The highest BCUT2D eigenvalue weighted by Crippen LogP contribution is 2.23. The van der Waals surface area contributed by atoms with Crippen LogP contribution < -0.4 is 16.0 Å². The quantitative estimate of drug-likeness (QED) is 0.397. The third-order valence-corrected chi connectivity index (χ3v) is 5.53. The number of anilines is 4. The van der Waals surface area contributed by atoms with Crippen LogP contribution in [0.25, 0.3) is 0 Å². The van der Waals surface area contributed by atoms with Crippen molar-refractivity contribution in [3.63, 3.8) is 0 Å². The number of nitrogens with one attached hydrogen (secondary N) is 4. The Bertz CT molecular complexity index is 1050. The van der Waals surface area contributed by atoms with Gasteiger partial charge in [0.1, 0.15) is 11.6 Å². The van der Waals surface area contributed by atoms with Crippen molar-refractivity contribution in [3.8, 4) is 0 Å². The van der Waals surface area contributed by atoms with Crippen molar-refractivity contribution in [2.45, 2.75) is 26.2 Å². The second-order valence-electron chi connectivity index (χ2n) is 7.39. The first-order valence-electron chi connectivity index (χ1n) is 10.3. The Kier molecular flexibility index (Phi) is 6.66. The highest BCUT2D eigenvalue weighted by molar-refractivity contribution is 9.10. The van der Waals surface area contributed by atoms with Gasteiger partial charge in [-0.25, -0.2) is 14.8 Å². The molecule has 2 amide bonds. The molecule has 3 aromatic rings. The van der Waals surface area contributed by atoms with E-state index in [0.29, 0.717) is 18.3 Å². The summed E-state index contributed by atoms with van der Waals surface area (Å²) in [5.74, 6) is 2.07. The van der Waals surface area contributed by atoms with Crippen LogP contribution in [0.3, 0.4) is 0 Å². The Labute approximate surface area is 189 Å². The summed E-state index contributed by atoms with van der Waals surface area (Å²) in [4.78, 5) is 30.5. The van der Waals surface area contributed by atoms with Gasteiger partial charge in [0.2, 0.25) is 5.95 Å². The summed E-state index contributed by atoms with van der Waals surface area (Å²) in [6, 6.07) is 7.46. The van der Waals surface area contributed by atoms with Crippen molar-refractivity contribution in [3.05, 3.63) is 52.7 Å². The number of rotatable bonds is 7. The molecule has 1 aromatic carbocycles. The number of aromatic nitrogens is 4. The number of amides is 2. The van der Waals surface area contributed by atoms with Gasteiger partial charge in [0.05, 0.1) is 4.47 Å². The average Bonchev–Trinajstić information content (AvgIpc) is 3.43. The van der Waals surface area contributed by atoms with E-state index in [2.05, 4.69) is 51.8 Å². The Morgan fingerprint density at radius 3 is 2.77 bits per heavy atom. The molecule has 0 unspecified atom stereocenters. The van der Waals surface area contributed by atoms with Crippen molar-refractivity contribution in [1.29, 1.82) is 0 Å². The van der Waals surface area contributed by atoms with Crippen LogP contribution in [0.4, 0.5) is 27.9 Å². The third-order valence-electron chi connectivity index (χ3n) is 4.95. The molecule has 0 bridgehead atoms. The van der Waals surface area contributed by atoms with E-state index in [9.17, 15) is 4.79 Å². The summed E-state index contributed by atoms with van der Waals surface area (Å²) in [6.45, 7) is 4.26. The maximum atomic E-state index is 12.3. The molecule has 1 aliphatic heterocycles. The van der Waals surface area contributed by atoms with Gasteiger partial charge in [-0.05, 0) is 53.9 Å². The summed E-state index contributed by atoms with van der Waals surface area (Å²) in [5.41, 5.74) is 2.59. The molecule has 1 saturated heterocycles. The molecule has 0 saturated carbocycles. The van der Waals surface area contributed by atoms with Crippen LogP contribution in [-0.4, -0.2) is 50.5 Å². The molecule has 0 spiro atoms. The highest BCUT2D eigenvalue weighted by Gasteiger charge is 2.17. The topological polar surface area (TPSA) is 111 Å². The Hall–Kier alpha value is -3.14. The van der Waals surface area contributed by atoms with E-state index in [1.54, 1.807) is 6.20 Å². The van der Waals surface area contributed by atoms with Gasteiger partial charge in [-0.3, -0.25) is 0 Å². The van der Waals surface area contributed by atoms with Crippen molar-refractivity contribution in [2.24, 2.45) is 0 Å². The van der Waals surface area contributed by atoms with E-state index in [1.165, 1.54) is 0 Å². The van der Waals surface area contributed by atoms with Crippen LogP contribution in [0.15, 0.2) is 41.1 Å². The second-order valence-corrected chi connectivity index (χ2v) is 8.25. The van der Waals surface area contributed by atoms with Crippen LogP contribution in [0.2, 0.25) is 0 Å². The standard InChI is InChI=1S/C21H25BrN8O/c1-14-24-12-17(26-14)7-8-23-19-18(22)13-25-20(29-19)27-15-5-4-6-16(11-15)28-21(31)30-9-2-3-10-30/h4-6,11-13H,2-3,7-10H2,1H3,(H,24,26)(H,28,31)(H2,23,25,27,29). The van der Waals surface area contributed by atoms with Crippen molar-refractivity contribution >= 4 is 45.1 Å². The molecular formula is C21H25BrN8O. The normalized spacial score (nSPS) is 13.3. The van der Waals surface area contributed by atoms with E-state index in [4.69, 9.17) is 0 Å². The molecule has 0 radical (unpaired) electrons. The zero-order chi connectivity index (χ0) is 21.6. The van der Waals surface area contributed by atoms with Crippen LogP contribution in [0.5, 0.6) is 0 Å². The van der Waals surface area contributed by atoms with Crippen molar-refractivity contribution < 1.29 is 4.79 Å². The summed E-state index contributed by atoms with van der Waals surface area (Å²) in [7, 11) is 0. The van der Waals surface area contributed by atoms with Crippen LogP contribution >= 0.6 is 15.9 Å². The highest BCUT2D eigenvalue weighted by atomic mass is 79.9. The number of aromatic amines is 1. The van der Waals surface area contributed by atoms with E-state index in [0.717, 1.165) is 59.7 Å². The molecule has 1 fully saturated rings. The van der Waals surface area contributed by atoms with Gasteiger partial charge in [-0.1, -0.05) is 6.07 Å². The summed E-state index contributed by atoms with van der Waals surface area (Å²) in [6.07, 6.45) is 6.48. The number of hydrogen-bond acceptors (Lipinski definition) is 6. The van der Waals surface area contributed by atoms with Gasteiger partial charge >= 0.3 is 6.03 Å². The molecule has 31 heavy (non-hydrogen) atoms.